The van der Waals surface area contributed by atoms with Gasteiger partial charge in [0.2, 0.25) is 0 Å². The molecule has 0 atom stereocenters. The van der Waals surface area contributed by atoms with Crippen LogP contribution in [0.3, 0.4) is 0 Å². The molecule has 1 aliphatic rings. The van der Waals surface area contributed by atoms with Gasteiger partial charge in [-0.2, -0.15) is 0 Å². The fourth-order valence-electron chi connectivity index (χ4n) is 2.78. The fraction of sp³-hybridized carbons (Fsp3) is 0.278. The van der Waals surface area contributed by atoms with Crippen LogP contribution in [0.4, 0.5) is 5.00 Å². The smallest absolute Gasteiger partial charge is 0.339 e. The Morgan fingerprint density at radius 3 is 2.59 bits per heavy atom. The number of amides is 1. The Morgan fingerprint density at radius 1 is 1.30 bits per heavy atom. The number of anilines is 1. The minimum atomic E-state index is -1.03. The highest BCUT2D eigenvalue weighted by Crippen LogP contribution is 2.40. The van der Waals surface area contributed by atoms with Gasteiger partial charge in [-0.25, -0.2) is 4.79 Å². The zero-order valence-corrected chi connectivity index (χ0v) is 17.8. The van der Waals surface area contributed by atoms with Crippen molar-refractivity contribution in [2.24, 2.45) is 0 Å². The third kappa shape index (κ3) is 4.55. The molecular weight excluding hydrogens is 452 g/mol. The molecule has 0 aliphatic carbocycles. The zero-order chi connectivity index (χ0) is 19.8. The number of carboxylic acids is 1. The molecule has 27 heavy (non-hydrogen) atoms. The first-order chi connectivity index (χ1) is 12.7. The van der Waals surface area contributed by atoms with Crippen LogP contribution in [0.2, 0.25) is 0 Å². The summed E-state index contributed by atoms with van der Waals surface area (Å²) in [5.41, 5.74) is 0.965. The minimum Gasteiger partial charge on any atom is -0.478 e. The predicted molar refractivity (Wildman–Crippen MR) is 112 cm³/mol. The lowest BCUT2D eigenvalue weighted by Gasteiger charge is -2.30. The Hall–Kier alpha value is -1.81. The van der Waals surface area contributed by atoms with E-state index in [9.17, 15) is 14.7 Å². The Morgan fingerprint density at radius 2 is 1.96 bits per heavy atom. The number of ether oxygens (including phenoxy) is 1. The van der Waals surface area contributed by atoms with Gasteiger partial charge in [-0.05, 0) is 55.9 Å². The summed E-state index contributed by atoms with van der Waals surface area (Å²) < 4.78 is 6.62. The highest BCUT2D eigenvalue weighted by atomic mass is 79.9. The number of hydrogen-bond donors (Lipinski definition) is 3. The summed E-state index contributed by atoms with van der Waals surface area (Å²) in [5.74, 6) is -1.41. The van der Waals surface area contributed by atoms with Crippen LogP contribution < -0.4 is 10.6 Å². The van der Waals surface area contributed by atoms with Gasteiger partial charge >= 0.3 is 5.97 Å². The topological polar surface area (TPSA) is 87.7 Å². The van der Waals surface area contributed by atoms with Gasteiger partial charge in [-0.1, -0.05) is 15.9 Å². The van der Waals surface area contributed by atoms with Gasteiger partial charge in [0.25, 0.3) is 5.91 Å². The number of hydrogen-bond acceptors (Lipinski definition) is 5. The number of aromatic carboxylic acids is 1. The van der Waals surface area contributed by atoms with Crippen molar-refractivity contribution in [2.75, 3.05) is 5.32 Å². The number of benzene rings is 1. The summed E-state index contributed by atoms with van der Waals surface area (Å²) in [5, 5.41) is 15.6. The maximum absolute atomic E-state index is 12.3. The van der Waals surface area contributed by atoms with Crippen molar-refractivity contribution in [1.29, 1.82) is 0 Å². The van der Waals surface area contributed by atoms with Crippen LogP contribution in [-0.4, -0.2) is 27.7 Å². The zero-order valence-electron chi connectivity index (χ0n) is 14.6. The van der Waals surface area contributed by atoms with Gasteiger partial charge in [0.15, 0.2) is 5.11 Å². The number of carbonyl (C=O) groups is 2. The molecule has 1 aliphatic heterocycles. The molecule has 6 nitrogen and oxygen atoms in total. The van der Waals surface area contributed by atoms with E-state index < -0.39 is 11.6 Å². The molecule has 0 spiro atoms. The van der Waals surface area contributed by atoms with Crippen molar-refractivity contribution < 1.29 is 19.4 Å². The van der Waals surface area contributed by atoms with Crippen LogP contribution in [0.25, 0.3) is 0 Å². The molecular formula is C18H17BrN2O4S2. The Balaban J connectivity index is 1.78. The van der Waals surface area contributed by atoms with Crippen molar-refractivity contribution in [1.82, 2.24) is 5.32 Å². The molecule has 3 N–H and O–H groups in total. The lowest BCUT2D eigenvalue weighted by Crippen LogP contribution is -2.34. The minimum absolute atomic E-state index is 0.0456. The summed E-state index contributed by atoms with van der Waals surface area (Å²) in [6.07, 6.45) is 0.500. The van der Waals surface area contributed by atoms with Crippen molar-refractivity contribution in [3.63, 3.8) is 0 Å². The quantitative estimate of drug-likeness (QED) is 0.585. The number of nitrogens with one attached hydrogen (secondary N) is 2. The summed E-state index contributed by atoms with van der Waals surface area (Å²) >= 11 is 9.79. The lowest BCUT2D eigenvalue weighted by atomic mass is 9.93. The molecule has 2 aromatic rings. The predicted octanol–water partition coefficient (Wildman–Crippen LogP) is 4.19. The number of rotatable bonds is 3. The van der Waals surface area contributed by atoms with Crippen LogP contribution in [-0.2, 0) is 17.8 Å². The Labute approximate surface area is 174 Å². The van der Waals surface area contributed by atoms with Gasteiger partial charge in [0, 0.05) is 21.3 Å². The van der Waals surface area contributed by atoms with Crippen molar-refractivity contribution >= 4 is 61.5 Å². The van der Waals surface area contributed by atoms with E-state index >= 15 is 0 Å². The van der Waals surface area contributed by atoms with E-state index in [0.29, 0.717) is 23.6 Å². The number of fused-ring (bicyclic) bond motifs is 1. The van der Waals surface area contributed by atoms with E-state index in [1.807, 2.05) is 13.8 Å². The highest BCUT2D eigenvalue weighted by Gasteiger charge is 2.33. The maximum atomic E-state index is 12.3. The second kappa shape index (κ2) is 7.67. The van der Waals surface area contributed by atoms with E-state index in [2.05, 4.69) is 26.6 Å². The van der Waals surface area contributed by atoms with E-state index in [-0.39, 0.29) is 16.6 Å². The molecule has 0 fully saturated rings. The summed E-state index contributed by atoms with van der Waals surface area (Å²) in [6, 6.07) is 6.83. The standard InChI is InChI=1S/C18H17BrN2O4S2/c1-18(2)7-11-12(8-25-18)27-15(13(11)16(23)24)21-17(26)20-14(22)9-3-5-10(19)6-4-9/h3-6H,7-8H2,1-2H3,(H,23,24)(H2,20,21,22,26). The number of thiophene rings is 1. The molecule has 1 aromatic carbocycles. The highest BCUT2D eigenvalue weighted by molar-refractivity contribution is 9.10. The summed E-state index contributed by atoms with van der Waals surface area (Å²) in [4.78, 5) is 24.9. The first-order valence-electron chi connectivity index (χ1n) is 8.06. The molecule has 3 rings (SSSR count). The SMILES string of the molecule is CC1(C)Cc2c(sc(NC(=S)NC(=O)c3ccc(Br)cc3)c2C(=O)O)CO1. The Kier molecular flexibility index (Phi) is 5.66. The van der Waals surface area contributed by atoms with Gasteiger partial charge in [-0.3, -0.25) is 10.1 Å². The first kappa shape index (κ1) is 19.9. The third-order valence-corrected chi connectivity index (χ3v) is 5.92. The Bertz CT molecular complexity index is 922. The summed E-state index contributed by atoms with van der Waals surface area (Å²) in [7, 11) is 0. The molecule has 0 bridgehead atoms. The normalized spacial score (nSPS) is 14.9. The second-order valence-corrected chi connectivity index (χ2v) is 9.08. The summed E-state index contributed by atoms with van der Waals surface area (Å²) in [6.45, 7) is 4.21. The van der Waals surface area contributed by atoms with Crippen LogP contribution in [0.15, 0.2) is 28.7 Å². The van der Waals surface area contributed by atoms with Crippen molar-refractivity contribution in [3.05, 3.63) is 50.3 Å². The number of halogens is 1. The van der Waals surface area contributed by atoms with E-state index in [1.165, 1.54) is 11.3 Å². The van der Waals surface area contributed by atoms with E-state index in [0.717, 1.165) is 14.9 Å². The fourth-order valence-corrected chi connectivity index (χ4v) is 4.43. The monoisotopic (exact) mass is 468 g/mol. The van der Waals surface area contributed by atoms with Gasteiger partial charge in [0.1, 0.15) is 5.00 Å². The number of carboxylic acid groups (broad SMARTS) is 1. The largest absolute Gasteiger partial charge is 0.478 e. The third-order valence-electron chi connectivity index (χ3n) is 4.06. The molecule has 0 saturated carbocycles. The van der Waals surface area contributed by atoms with Crippen molar-refractivity contribution in [3.8, 4) is 0 Å². The van der Waals surface area contributed by atoms with Crippen LogP contribution in [0, 0.1) is 0 Å². The van der Waals surface area contributed by atoms with Crippen LogP contribution >= 0.6 is 39.5 Å². The molecule has 1 aromatic heterocycles. The number of thiocarbonyl (C=S) groups is 1. The average Bonchev–Trinajstić information content (AvgIpc) is 2.91. The average molecular weight is 469 g/mol. The van der Waals surface area contributed by atoms with Crippen LogP contribution in [0.5, 0.6) is 0 Å². The van der Waals surface area contributed by atoms with E-state index in [1.54, 1.807) is 24.3 Å². The molecule has 0 saturated heterocycles. The molecule has 142 valence electrons. The first-order valence-corrected chi connectivity index (χ1v) is 10.1. The number of carbonyl (C=O) groups excluding carboxylic acids is 1. The molecule has 9 heteroatoms. The van der Waals surface area contributed by atoms with Gasteiger partial charge in [-0.15, -0.1) is 11.3 Å². The maximum Gasteiger partial charge on any atom is 0.339 e. The second-order valence-electron chi connectivity index (χ2n) is 6.65. The molecule has 1 amide bonds. The van der Waals surface area contributed by atoms with Crippen molar-refractivity contribution in [2.45, 2.75) is 32.5 Å². The van der Waals surface area contributed by atoms with Crippen LogP contribution in [0.1, 0.15) is 45.0 Å². The van der Waals surface area contributed by atoms with Gasteiger partial charge < -0.3 is 15.2 Å². The molecule has 0 unspecified atom stereocenters. The van der Waals surface area contributed by atoms with E-state index in [4.69, 9.17) is 17.0 Å². The molecule has 2 heterocycles. The lowest BCUT2D eigenvalue weighted by molar-refractivity contribution is -0.0384. The molecule has 0 radical (unpaired) electrons. The van der Waals surface area contributed by atoms with Gasteiger partial charge in [0.05, 0.1) is 17.8 Å².